The van der Waals surface area contributed by atoms with Crippen LogP contribution < -0.4 is 16.0 Å². The zero-order chi connectivity index (χ0) is 19.9. The number of carbonyl (C=O) groups is 1. The van der Waals surface area contributed by atoms with Crippen molar-refractivity contribution in [3.63, 3.8) is 0 Å². The molecular weight excluding hydrogens is 364 g/mol. The van der Waals surface area contributed by atoms with Crippen LogP contribution in [0.5, 0.6) is 0 Å². The lowest BCUT2D eigenvalue weighted by Crippen LogP contribution is -2.22. The van der Waals surface area contributed by atoms with Crippen molar-refractivity contribution in [1.82, 2.24) is 25.5 Å². The van der Waals surface area contributed by atoms with Crippen LogP contribution in [0, 0.1) is 10.1 Å². The largest absolute Gasteiger partial charge is 0.383 e. The summed E-state index contributed by atoms with van der Waals surface area (Å²) in [6.45, 7) is 0.890. The summed E-state index contributed by atoms with van der Waals surface area (Å²) in [5.74, 6) is 0.0652. The van der Waals surface area contributed by atoms with Gasteiger partial charge in [-0.15, -0.1) is 0 Å². The van der Waals surface area contributed by atoms with E-state index in [-0.39, 0.29) is 11.3 Å². The zero-order valence-corrected chi connectivity index (χ0v) is 15.0. The molecule has 0 aliphatic carbocycles. The predicted octanol–water partition coefficient (Wildman–Crippen LogP) is 1.45. The molecule has 3 N–H and O–H groups in total. The third-order valence-corrected chi connectivity index (χ3v) is 3.88. The van der Waals surface area contributed by atoms with E-state index in [1.165, 1.54) is 25.2 Å². The predicted molar refractivity (Wildman–Crippen MR) is 103 cm³/mol. The van der Waals surface area contributed by atoms with Gasteiger partial charge in [0.25, 0.3) is 11.6 Å². The van der Waals surface area contributed by atoms with Gasteiger partial charge in [-0.05, 0) is 28.6 Å². The van der Waals surface area contributed by atoms with Crippen LogP contribution in [0.15, 0.2) is 48.5 Å². The lowest BCUT2D eigenvalue weighted by Gasteiger charge is -2.12. The molecule has 2 aromatic carbocycles. The average molecular weight is 382 g/mol. The maximum Gasteiger partial charge on any atom is 0.270 e. The minimum absolute atomic E-state index is 0.149. The number of benzene rings is 2. The van der Waals surface area contributed by atoms with E-state index in [0.29, 0.717) is 24.7 Å². The summed E-state index contributed by atoms with van der Waals surface area (Å²) in [6, 6.07) is 13.5. The molecule has 0 atom stereocenters. The Balaban J connectivity index is 1.64. The summed E-state index contributed by atoms with van der Waals surface area (Å²) in [5, 5.41) is 31.2. The molecule has 0 unspecified atom stereocenters. The summed E-state index contributed by atoms with van der Waals surface area (Å²) in [4.78, 5) is 22.4. The second-order valence-corrected chi connectivity index (χ2v) is 5.67. The molecule has 3 aromatic rings. The molecule has 11 heteroatoms. The van der Waals surface area contributed by atoms with Gasteiger partial charge in [0.05, 0.1) is 16.2 Å². The third kappa shape index (κ3) is 4.20. The smallest absolute Gasteiger partial charge is 0.270 e. The quantitative estimate of drug-likeness (QED) is 0.302. The molecule has 0 radical (unpaired) electrons. The first kappa shape index (κ1) is 18.8. The van der Waals surface area contributed by atoms with Crippen molar-refractivity contribution >= 4 is 23.2 Å². The van der Waals surface area contributed by atoms with Crippen LogP contribution >= 0.6 is 0 Å². The van der Waals surface area contributed by atoms with Crippen molar-refractivity contribution in [2.75, 3.05) is 30.8 Å². The number of anilines is 2. The van der Waals surface area contributed by atoms with Gasteiger partial charge in [0.2, 0.25) is 5.95 Å². The highest BCUT2D eigenvalue weighted by Crippen LogP contribution is 2.22. The Hall–Kier alpha value is -4.02. The Morgan fingerprint density at radius 3 is 2.61 bits per heavy atom. The van der Waals surface area contributed by atoms with Crippen molar-refractivity contribution < 1.29 is 9.72 Å². The fraction of sp³-hybridized carbons (Fsp3) is 0.176. The molecule has 0 aliphatic rings. The van der Waals surface area contributed by atoms with Gasteiger partial charge in [-0.1, -0.05) is 23.3 Å². The van der Waals surface area contributed by atoms with E-state index < -0.39 is 10.8 Å². The number of nitro groups is 1. The number of aromatic nitrogens is 4. The summed E-state index contributed by atoms with van der Waals surface area (Å²) in [6.07, 6.45) is 0. The number of non-ortho nitro benzene ring substituents is 1. The molecule has 1 amide bonds. The lowest BCUT2D eigenvalue weighted by atomic mass is 10.1. The number of para-hydroxylation sites is 1. The molecule has 1 heterocycles. The number of nitrogens with one attached hydrogen (secondary N) is 3. The molecule has 0 spiro atoms. The molecule has 11 nitrogen and oxygen atoms in total. The topological polar surface area (TPSA) is 140 Å². The molecule has 1 aromatic heterocycles. The van der Waals surface area contributed by atoms with Gasteiger partial charge in [0.15, 0.2) is 0 Å². The monoisotopic (exact) mass is 382 g/mol. The number of hydrogen-bond donors (Lipinski definition) is 3. The first-order valence-corrected chi connectivity index (χ1v) is 8.42. The van der Waals surface area contributed by atoms with Gasteiger partial charge in [0.1, 0.15) is 0 Å². The summed E-state index contributed by atoms with van der Waals surface area (Å²) in [7, 11) is 1.47. The molecule has 0 saturated carbocycles. The van der Waals surface area contributed by atoms with Crippen LogP contribution in [0.4, 0.5) is 17.3 Å². The fourth-order valence-corrected chi connectivity index (χ4v) is 2.53. The lowest BCUT2D eigenvalue weighted by molar-refractivity contribution is -0.384. The number of nitro benzene ring substituents is 1. The van der Waals surface area contributed by atoms with E-state index >= 15 is 0 Å². The molecule has 0 saturated heterocycles. The van der Waals surface area contributed by atoms with Crippen LogP contribution in [0.2, 0.25) is 0 Å². The van der Waals surface area contributed by atoms with Gasteiger partial charge in [-0.3, -0.25) is 14.9 Å². The first-order chi connectivity index (χ1) is 13.6. The van der Waals surface area contributed by atoms with Crippen molar-refractivity contribution in [3.05, 3.63) is 64.2 Å². The Labute approximate surface area is 159 Å². The van der Waals surface area contributed by atoms with E-state index in [1.807, 2.05) is 30.3 Å². The Morgan fingerprint density at radius 2 is 1.89 bits per heavy atom. The van der Waals surface area contributed by atoms with Gasteiger partial charge in [-0.25, -0.2) is 0 Å². The maximum atomic E-state index is 12.0. The van der Waals surface area contributed by atoms with Crippen molar-refractivity contribution in [3.8, 4) is 5.69 Å². The van der Waals surface area contributed by atoms with E-state index in [2.05, 4.69) is 31.5 Å². The van der Waals surface area contributed by atoms with Gasteiger partial charge in [-0.2, -0.15) is 4.68 Å². The first-order valence-electron chi connectivity index (χ1n) is 8.42. The highest BCUT2D eigenvalue weighted by atomic mass is 16.6. The van der Waals surface area contributed by atoms with E-state index in [0.717, 1.165) is 5.69 Å². The van der Waals surface area contributed by atoms with Crippen LogP contribution in [-0.4, -0.2) is 51.2 Å². The zero-order valence-electron chi connectivity index (χ0n) is 15.0. The van der Waals surface area contributed by atoms with E-state index in [1.54, 1.807) is 4.68 Å². The Morgan fingerprint density at radius 1 is 1.14 bits per heavy atom. The second-order valence-electron chi connectivity index (χ2n) is 5.67. The molecule has 0 aliphatic heterocycles. The Kier molecular flexibility index (Phi) is 5.75. The minimum Gasteiger partial charge on any atom is -0.383 e. The molecule has 3 rings (SSSR count). The van der Waals surface area contributed by atoms with Crippen LogP contribution in [0.3, 0.4) is 0 Å². The molecule has 0 bridgehead atoms. The number of amides is 1. The minimum atomic E-state index is -0.540. The third-order valence-electron chi connectivity index (χ3n) is 3.88. The number of nitrogens with zero attached hydrogens (tertiary/aromatic N) is 5. The summed E-state index contributed by atoms with van der Waals surface area (Å²) in [5.41, 5.74) is 1.37. The molecular formula is C17H18N8O3. The standard InChI is InChI=1S/C17H18N8O3/c1-18-16(26)14-11-13(25(27)28)7-8-15(14)19-9-10-20-17-21-22-23-24(17)12-5-3-2-4-6-12/h2-8,11,19H,9-10H2,1H3,(H,18,26)(H,20,21,23). The summed E-state index contributed by atoms with van der Waals surface area (Å²) >= 11 is 0. The SMILES string of the molecule is CNC(=O)c1cc([N+](=O)[O-])ccc1NCCNc1nnnn1-c1ccccc1. The van der Waals surface area contributed by atoms with Crippen molar-refractivity contribution in [1.29, 1.82) is 0 Å². The van der Waals surface area contributed by atoms with Crippen LogP contribution in [-0.2, 0) is 0 Å². The highest BCUT2D eigenvalue weighted by molar-refractivity contribution is 6.00. The second kappa shape index (κ2) is 8.58. The van der Waals surface area contributed by atoms with Crippen LogP contribution in [0.25, 0.3) is 5.69 Å². The highest BCUT2D eigenvalue weighted by Gasteiger charge is 2.15. The number of tetrazole rings is 1. The number of rotatable bonds is 8. The molecule has 0 fully saturated rings. The van der Waals surface area contributed by atoms with Gasteiger partial charge >= 0.3 is 0 Å². The number of hydrogen-bond acceptors (Lipinski definition) is 8. The maximum absolute atomic E-state index is 12.0. The van der Waals surface area contributed by atoms with E-state index in [9.17, 15) is 14.9 Å². The molecule has 144 valence electrons. The molecule has 28 heavy (non-hydrogen) atoms. The average Bonchev–Trinajstić information content (AvgIpc) is 3.19. The van der Waals surface area contributed by atoms with Crippen LogP contribution in [0.1, 0.15) is 10.4 Å². The van der Waals surface area contributed by atoms with Crippen molar-refractivity contribution in [2.45, 2.75) is 0 Å². The Bertz CT molecular complexity index is 974. The van der Waals surface area contributed by atoms with Crippen molar-refractivity contribution in [2.24, 2.45) is 0 Å². The summed E-state index contributed by atoms with van der Waals surface area (Å²) < 4.78 is 1.57. The fourth-order valence-electron chi connectivity index (χ4n) is 2.53. The number of carbonyl (C=O) groups excluding carboxylic acids is 1. The van der Waals surface area contributed by atoms with Gasteiger partial charge in [0, 0.05) is 38.0 Å². The van der Waals surface area contributed by atoms with E-state index in [4.69, 9.17) is 0 Å². The van der Waals surface area contributed by atoms with Gasteiger partial charge < -0.3 is 16.0 Å². The normalized spacial score (nSPS) is 10.3.